The summed E-state index contributed by atoms with van der Waals surface area (Å²) < 4.78 is 1.80. The maximum Gasteiger partial charge on any atom is 0.251 e. The van der Waals surface area contributed by atoms with Crippen molar-refractivity contribution in [2.45, 2.75) is 32.7 Å². The van der Waals surface area contributed by atoms with Gasteiger partial charge in [-0.15, -0.1) is 0 Å². The molecule has 0 unspecified atom stereocenters. The van der Waals surface area contributed by atoms with Gasteiger partial charge in [0.2, 0.25) is 0 Å². The average Bonchev–Trinajstić information content (AvgIpc) is 2.84. The maximum atomic E-state index is 12.4. The molecule has 1 fully saturated rings. The van der Waals surface area contributed by atoms with E-state index in [2.05, 4.69) is 22.4 Å². The van der Waals surface area contributed by atoms with Crippen LogP contribution in [0.15, 0.2) is 24.3 Å². The average molecular weight is 347 g/mol. The third-order valence-corrected chi connectivity index (χ3v) is 5.18. The highest BCUT2D eigenvalue weighted by molar-refractivity contribution is 6.31. The highest BCUT2D eigenvalue weighted by atomic mass is 35.5. The number of hydrogen-bond donors (Lipinski definition) is 1. The van der Waals surface area contributed by atoms with E-state index >= 15 is 0 Å². The van der Waals surface area contributed by atoms with E-state index in [-0.39, 0.29) is 11.9 Å². The Morgan fingerprint density at radius 1 is 1.21 bits per heavy atom. The summed E-state index contributed by atoms with van der Waals surface area (Å²) in [6.45, 7) is 5.88. The van der Waals surface area contributed by atoms with Crippen molar-refractivity contribution in [3.63, 3.8) is 0 Å². The molecule has 1 aromatic carbocycles. The van der Waals surface area contributed by atoms with Crippen LogP contribution in [-0.4, -0.2) is 46.8 Å². The van der Waals surface area contributed by atoms with Crippen molar-refractivity contribution in [3.8, 4) is 5.69 Å². The molecule has 1 aliphatic rings. The highest BCUT2D eigenvalue weighted by Gasteiger charge is 2.19. The van der Waals surface area contributed by atoms with E-state index in [9.17, 15) is 4.79 Å². The van der Waals surface area contributed by atoms with Crippen LogP contribution in [0.25, 0.3) is 5.69 Å². The van der Waals surface area contributed by atoms with E-state index < -0.39 is 0 Å². The Labute approximate surface area is 147 Å². The molecule has 3 rings (SSSR count). The molecule has 0 radical (unpaired) electrons. The van der Waals surface area contributed by atoms with Crippen LogP contribution in [0.1, 0.15) is 34.6 Å². The van der Waals surface area contributed by atoms with Crippen molar-refractivity contribution >= 4 is 17.5 Å². The van der Waals surface area contributed by atoms with E-state index in [0.29, 0.717) is 10.6 Å². The van der Waals surface area contributed by atoms with Crippen LogP contribution in [0.3, 0.4) is 0 Å². The Morgan fingerprint density at radius 2 is 1.83 bits per heavy atom. The minimum atomic E-state index is -0.0116. The standard InChI is InChI=1S/C18H23ClN4O/c1-12-17(19)13(2)23(21-12)16-6-4-14(5-7-16)18(24)20-15-8-10-22(3)11-9-15/h4-7,15H,8-11H2,1-3H3,(H,20,24). The summed E-state index contributed by atoms with van der Waals surface area (Å²) in [5.41, 5.74) is 3.28. The molecule has 5 nitrogen and oxygen atoms in total. The number of carbonyl (C=O) groups is 1. The Hall–Kier alpha value is -1.85. The van der Waals surface area contributed by atoms with E-state index in [1.807, 2.05) is 38.1 Å². The lowest BCUT2D eigenvalue weighted by atomic mass is 10.0. The van der Waals surface area contributed by atoms with Crippen LogP contribution in [-0.2, 0) is 0 Å². The van der Waals surface area contributed by atoms with Gasteiger partial charge in [-0.1, -0.05) is 11.6 Å². The number of nitrogens with zero attached hydrogens (tertiary/aromatic N) is 3. The molecule has 6 heteroatoms. The number of carbonyl (C=O) groups excluding carboxylic acids is 1. The summed E-state index contributed by atoms with van der Waals surface area (Å²) >= 11 is 6.20. The fourth-order valence-corrected chi connectivity index (χ4v) is 3.17. The molecular weight excluding hydrogens is 324 g/mol. The van der Waals surface area contributed by atoms with Gasteiger partial charge in [-0.3, -0.25) is 4.79 Å². The van der Waals surface area contributed by atoms with Gasteiger partial charge in [-0.05, 0) is 71.1 Å². The minimum absolute atomic E-state index is 0.0116. The lowest BCUT2D eigenvalue weighted by Crippen LogP contribution is -2.43. The first-order valence-corrected chi connectivity index (χ1v) is 8.65. The number of aromatic nitrogens is 2. The zero-order valence-electron chi connectivity index (χ0n) is 14.3. The fraction of sp³-hybridized carbons (Fsp3) is 0.444. The molecule has 1 saturated heterocycles. The number of benzene rings is 1. The number of hydrogen-bond acceptors (Lipinski definition) is 3. The largest absolute Gasteiger partial charge is 0.349 e. The van der Waals surface area contributed by atoms with Crippen molar-refractivity contribution in [3.05, 3.63) is 46.2 Å². The van der Waals surface area contributed by atoms with Gasteiger partial charge in [0.25, 0.3) is 5.91 Å². The first kappa shape index (κ1) is 17.0. The van der Waals surface area contributed by atoms with Gasteiger partial charge in [0.1, 0.15) is 0 Å². The minimum Gasteiger partial charge on any atom is -0.349 e. The van der Waals surface area contributed by atoms with E-state index in [4.69, 9.17) is 11.6 Å². The van der Waals surface area contributed by atoms with Crippen LogP contribution in [0, 0.1) is 13.8 Å². The lowest BCUT2D eigenvalue weighted by molar-refractivity contribution is 0.0917. The van der Waals surface area contributed by atoms with Gasteiger partial charge < -0.3 is 10.2 Å². The smallest absolute Gasteiger partial charge is 0.251 e. The number of nitrogens with one attached hydrogen (secondary N) is 1. The molecule has 24 heavy (non-hydrogen) atoms. The number of aryl methyl sites for hydroxylation is 1. The van der Waals surface area contributed by atoms with Gasteiger partial charge >= 0.3 is 0 Å². The van der Waals surface area contributed by atoms with E-state index in [1.165, 1.54) is 0 Å². The van der Waals surface area contributed by atoms with Gasteiger partial charge in [0, 0.05) is 11.6 Å². The normalized spacial score (nSPS) is 16.3. The number of halogens is 1. The summed E-state index contributed by atoms with van der Waals surface area (Å²) in [6.07, 6.45) is 2.01. The predicted molar refractivity (Wildman–Crippen MR) is 96.0 cm³/mol. The van der Waals surface area contributed by atoms with Crippen LogP contribution in [0.2, 0.25) is 5.02 Å². The van der Waals surface area contributed by atoms with E-state index in [0.717, 1.165) is 43.0 Å². The second kappa shape index (κ2) is 6.95. The van der Waals surface area contributed by atoms with Gasteiger partial charge in [0.15, 0.2) is 0 Å². The van der Waals surface area contributed by atoms with Crippen LogP contribution >= 0.6 is 11.6 Å². The molecular formula is C18H23ClN4O. The molecule has 2 heterocycles. The molecule has 128 valence electrons. The molecule has 0 saturated carbocycles. The quantitative estimate of drug-likeness (QED) is 0.929. The second-order valence-electron chi connectivity index (χ2n) is 6.49. The van der Waals surface area contributed by atoms with Crippen molar-refractivity contribution in [2.24, 2.45) is 0 Å². The highest BCUT2D eigenvalue weighted by Crippen LogP contribution is 2.22. The van der Waals surface area contributed by atoms with Crippen LogP contribution < -0.4 is 5.32 Å². The zero-order chi connectivity index (χ0) is 17.3. The maximum absolute atomic E-state index is 12.4. The summed E-state index contributed by atoms with van der Waals surface area (Å²) in [7, 11) is 2.11. The molecule has 2 aromatic rings. The molecule has 1 aliphatic heterocycles. The molecule has 0 aliphatic carbocycles. The number of amides is 1. The lowest BCUT2D eigenvalue weighted by Gasteiger charge is -2.29. The second-order valence-corrected chi connectivity index (χ2v) is 6.87. The first-order chi connectivity index (χ1) is 11.5. The Bertz CT molecular complexity index is 730. The first-order valence-electron chi connectivity index (χ1n) is 8.27. The van der Waals surface area contributed by atoms with Gasteiger partial charge in [-0.25, -0.2) is 4.68 Å². The number of piperidine rings is 1. The fourth-order valence-electron chi connectivity index (χ4n) is 3.05. The summed E-state index contributed by atoms with van der Waals surface area (Å²) in [5, 5.41) is 8.24. The summed E-state index contributed by atoms with van der Waals surface area (Å²) in [4.78, 5) is 14.7. The third-order valence-electron chi connectivity index (χ3n) is 4.63. The topological polar surface area (TPSA) is 50.2 Å². The van der Waals surface area contributed by atoms with Crippen LogP contribution in [0.4, 0.5) is 0 Å². The molecule has 1 amide bonds. The SMILES string of the molecule is Cc1nn(-c2ccc(C(=O)NC3CCN(C)CC3)cc2)c(C)c1Cl. The third kappa shape index (κ3) is 3.47. The van der Waals surface area contributed by atoms with Crippen LogP contribution in [0.5, 0.6) is 0 Å². The van der Waals surface area contributed by atoms with Crippen molar-refractivity contribution < 1.29 is 4.79 Å². The monoisotopic (exact) mass is 346 g/mol. The zero-order valence-corrected chi connectivity index (χ0v) is 15.1. The summed E-state index contributed by atoms with van der Waals surface area (Å²) in [5.74, 6) is -0.0116. The molecule has 0 atom stereocenters. The summed E-state index contributed by atoms with van der Waals surface area (Å²) in [6, 6.07) is 7.75. The molecule has 1 aromatic heterocycles. The Kier molecular flexibility index (Phi) is 4.92. The van der Waals surface area contributed by atoms with Crippen molar-refractivity contribution in [2.75, 3.05) is 20.1 Å². The molecule has 1 N–H and O–H groups in total. The van der Waals surface area contributed by atoms with E-state index in [1.54, 1.807) is 4.68 Å². The Balaban J connectivity index is 1.70. The van der Waals surface area contributed by atoms with Gasteiger partial charge in [-0.2, -0.15) is 5.10 Å². The number of likely N-dealkylation sites (tertiary alicyclic amines) is 1. The predicted octanol–water partition coefficient (Wildman–Crippen LogP) is 2.97. The van der Waals surface area contributed by atoms with Crippen molar-refractivity contribution in [1.29, 1.82) is 0 Å². The molecule has 0 spiro atoms. The van der Waals surface area contributed by atoms with Gasteiger partial charge in [0.05, 0.1) is 22.1 Å². The number of rotatable bonds is 3. The van der Waals surface area contributed by atoms with Crippen molar-refractivity contribution in [1.82, 2.24) is 20.0 Å². The molecule has 0 bridgehead atoms. The Morgan fingerprint density at radius 3 is 2.38 bits per heavy atom.